The van der Waals surface area contributed by atoms with Crippen molar-refractivity contribution in [1.82, 2.24) is 19.7 Å². The fraction of sp³-hybridized carbons (Fsp3) is 0.385. The van der Waals surface area contributed by atoms with Crippen molar-refractivity contribution in [3.8, 4) is 0 Å². The maximum absolute atomic E-state index is 11.9. The first kappa shape index (κ1) is 16.6. The Bertz CT molecular complexity index is 682. The van der Waals surface area contributed by atoms with Crippen molar-refractivity contribution >= 4 is 35.1 Å². The van der Waals surface area contributed by atoms with E-state index in [0.29, 0.717) is 22.5 Å². The van der Waals surface area contributed by atoms with Gasteiger partial charge in [-0.05, 0) is 18.6 Å². The number of pyridine rings is 1. The number of carbonyl (C=O) groups is 1. The normalized spacial score (nSPS) is 10.6. The predicted molar refractivity (Wildman–Crippen MR) is 86.4 cm³/mol. The molecule has 0 spiro atoms. The third-order valence-electron chi connectivity index (χ3n) is 2.79. The largest absolute Gasteiger partial charge is 0.343 e. The molecule has 0 unspecified atom stereocenters. The van der Waals surface area contributed by atoms with Gasteiger partial charge in [0.15, 0.2) is 5.16 Å². The highest BCUT2D eigenvalue weighted by molar-refractivity contribution is 7.99. The molecule has 0 atom stereocenters. The maximum Gasteiger partial charge on any atom is 0.343 e. The molecule has 2 heterocycles. The zero-order valence-corrected chi connectivity index (χ0v) is 13.6. The molecule has 0 bridgehead atoms. The van der Waals surface area contributed by atoms with Gasteiger partial charge in [0.25, 0.3) is 0 Å². The highest BCUT2D eigenvalue weighted by atomic mass is 35.5. The molecular weight excluding hydrogens is 326 g/mol. The van der Waals surface area contributed by atoms with Crippen molar-refractivity contribution in [3.05, 3.63) is 33.8 Å². The molecule has 2 N–H and O–H groups in total. The van der Waals surface area contributed by atoms with E-state index in [1.54, 1.807) is 16.7 Å². The molecule has 0 radical (unpaired) electrons. The van der Waals surface area contributed by atoms with Gasteiger partial charge in [-0.25, -0.2) is 14.9 Å². The lowest BCUT2D eigenvalue weighted by Gasteiger charge is -2.05. The minimum Gasteiger partial charge on any atom is -0.310 e. The summed E-state index contributed by atoms with van der Waals surface area (Å²) in [6.45, 7) is 2.64. The summed E-state index contributed by atoms with van der Waals surface area (Å²) >= 11 is 6.93. The number of aromatic amines is 1. The second-order valence-electron chi connectivity index (χ2n) is 4.52. The fourth-order valence-electron chi connectivity index (χ4n) is 1.69. The molecule has 2 aromatic heterocycles. The van der Waals surface area contributed by atoms with Crippen LogP contribution in [0.2, 0.25) is 5.02 Å². The van der Waals surface area contributed by atoms with Crippen LogP contribution < -0.4 is 11.0 Å². The van der Waals surface area contributed by atoms with Crippen molar-refractivity contribution < 1.29 is 4.79 Å². The summed E-state index contributed by atoms with van der Waals surface area (Å²) < 4.78 is 1.54. The summed E-state index contributed by atoms with van der Waals surface area (Å²) in [4.78, 5) is 27.5. The third kappa shape index (κ3) is 4.60. The molecular formula is C13H16ClN5O2S. The van der Waals surface area contributed by atoms with Gasteiger partial charge in [0, 0.05) is 12.7 Å². The minimum atomic E-state index is -0.254. The number of hydrogen-bond acceptors (Lipinski definition) is 5. The monoisotopic (exact) mass is 341 g/mol. The second kappa shape index (κ2) is 8.00. The van der Waals surface area contributed by atoms with E-state index in [-0.39, 0.29) is 17.3 Å². The standard InChI is InChI=1S/C13H16ClN5O2S/c1-2-3-6-19-12(21)17-18-13(19)22-8-11(20)16-10-5-4-9(14)7-15-10/h4-5,7H,2-3,6,8H2,1H3,(H,17,21)(H,15,16,20). The van der Waals surface area contributed by atoms with Gasteiger partial charge in [-0.1, -0.05) is 36.7 Å². The van der Waals surface area contributed by atoms with E-state index in [4.69, 9.17) is 11.6 Å². The summed E-state index contributed by atoms with van der Waals surface area (Å²) in [7, 11) is 0. The van der Waals surface area contributed by atoms with E-state index < -0.39 is 0 Å². The lowest BCUT2D eigenvalue weighted by molar-refractivity contribution is -0.113. The summed E-state index contributed by atoms with van der Waals surface area (Å²) in [6, 6.07) is 3.27. The van der Waals surface area contributed by atoms with Crippen molar-refractivity contribution in [2.45, 2.75) is 31.5 Å². The first-order chi connectivity index (χ1) is 10.6. The van der Waals surface area contributed by atoms with E-state index in [0.717, 1.165) is 12.8 Å². The Kier molecular flexibility index (Phi) is 6.02. The van der Waals surface area contributed by atoms with Crippen molar-refractivity contribution in [1.29, 1.82) is 0 Å². The number of halogens is 1. The molecule has 0 saturated heterocycles. The smallest absolute Gasteiger partial charge is 0.310 e. The topological polar surface area (TPSA) is 92.7 Å². The van der Waals surface area contributed by atoms with Crippen LogP contribution in [0.1, 0.15) is 19.8 Å². The molecule has 118 valence electrons. The number of hydrogen-bond donors (Lipinski definition) is 2. The van der Waals surface area contributed by atoms with E-state index in [1.165, 1.54) is 18.0 Å². The van der Waals surface area contributed by atoms with Gasteiger partial charge in [0.1, 0.15) is 5.82 Å². The SMILES string of the molecule is CCCCn1c(SCC(=O)Nc2ccc(Cl)cn2)n[nH]c1=O. The quantitative estimate of drug-likeness (QED) is 0.753. The molecule has 0 aliphatic rings. The van der Waals surface area contributed by atoms with Gasteiger partial charge in [0.2, 0.25) is 5.91 Å². The fourth-order valence-corrected chi connectivity index (χ4v) is 2.57. The Hall–Kier alpha value is -1.80. The van der Waals surface area contributed by atoms with Crippen LogP contribution in [-0.4, -0.2) is 31.4 Å². The van der Waals surface area contributed by atoms with E-state index in [1.807, 2.05) is 6.92 Å². The summed E-state index contributed by atoms with van der Waals surface area (Å²) in [5, 5.41) is 10.0. The maximum atomic E-state index is 11.9. The Morgan fingerprint density at radius 3 is 3.00 bits per heavy atom. The number of unbranched alkanes of at least 4 members (excludes halogenated alkanes) is 1. The van der Waals surface area contributed by atoms with Gasteiger partial charge in [0.05, 0.1) is 10.8 Å². The van der Waals surface area contributed by atoms with Crippen LogP contribution in [0.4, 0.5) is 5.82 Å². The van der Waals surface area contributed by atoms with Crippen LogP contribution in [0.5, 0.6) is 0 Å². The number of rotatable bonds is 7. The molecule has 0 aromatic carbocycles. The van der Waals surface area contributed by atoms with Crippen molar-refractivity contribution in [2.75, 3.05) is 11.1 Å². The van der Waals surface area contributed by atoms with Gasteiger partial charge in [-0.2, -0.15) is 0 Å². The summed E-state index contributed by atoms with van der Waals surface area (Å²) in [6.07, 6.45) is 3.32. The van der Waals surface area contributed by atoms with E-state index >= 15 is 0 Å². The molecule has 1 amide bonds. The van der Waals surface area contributed by atoms with Gasteiger partial charge < -0.3 is 5.32 Å². The number of aromatic nitrogens is 4. The van der Waals surface area contributed by atoms with Crippen LogP contribution in [0, 0.1) is 0 Å². The number of thioether (sulfide) groups is 1. The first-order valence-electron chi connectivity index (χ1n) is 6.79. The summed E-state index contributed by atoms with van der Waals surface area (Å²) in [5.74, 6) is 0.346. The highest BCUT2D eigenvalue weighted by Gasteiger charge is 2.11. The average Bonchev–Trinajstić information content (AvgIpc) is 2.86. The molecule has 22 heavy (non-hydrogen) atoms. The first-order valence-corrected chi connectivity index (χ1v) is 8.16. The zero-order chi connectivity index (χ0) is 15.9. The highest BCUT2D eigenvalue weighted by Crippen LogP contribution is 2.15. The molecule has 0 saturated carbocycles. The van der Waals surface area contributed by atoms with E-state index in [2.05, 4.69) is 20.5 Å². The number of anilines is 1. The van der Waals surface area contributed by atoms with Crippen LogP contribution in [-0.2, 0) is 11.3 Å². The van der Waals surface area contributed by atoms with E-state index in [9.17, 15) is 9.59 Å². The Balaban J connectivity index is 1.91. The lowest BCUT2D eigenvalue weighted by Crippen LogP contribution is -2.19. The van der Waals surface area contributed by atoms with Crippen LogP contribution in [0.15, 0.2) is 28.3 Å². The van der Waals surface area contributed by atoms with Crippen molar-refractivity contribution in [2.24, 2.45) is 0 Å². The molecule has 2 rings (SSSR count). The van der Waals surface area contributed by atoms with Crippen LogP contribution >= 0.6 is 23.4 Å². The zero-order valence-electron chi connectivity index (χ0n) is 12.0. The summed E-state index contributed by atoms with van der Waals surface area (Å²) in [5.41, 5.74) is -0.254. The average molecular weight is 342 g/mol. The molecule has 2 aromatic rings. The molecule has 0 aliphatic carbocycles. The predicted octanol–water partition coefficient (Wildman–Crippen LogP) is 2.15. The molecule has 0 fully saturated rings. The number of nitrogens with one attached hydrogen (secondary N) is 2. The van der Waals surface area contributed by atoms with Gasteiger partial charge in [-0.15, -0.1) is 5.10 Å². The number of amides is 1. The second-order valence-corrected chi connectivity index (χ2v) is 5.89. The van der Waals surface area contributed by atoms with Gasteiger partial charge in [-0.3, -0.25) is 9.36 Å². The Morgan fingerprint density at radius 1 is 1.50 bits per heavy atom. The van der Waals surface area contributed by atoms with Gasteiger partial charge >= 0.3 is 5.69 Å². The Labute approximate surface area is 136 Å². The molecule has 9 heteroatoms. The molecule has 7 nitrogen and oxygen atoms in total. The Morgan fingerprint density at radius 2 is 2.32 bits per heavy atom. The minimum absolute atomic E-state index is 0.140. The van der Waals surface area contributed by atoms with Crippen LogP contribution in [0.3, 0.4) is 0 Å². The van der Waals surface area contributed by atoms with Crippen LogP contribution in [0.25, 0.3) is 0 Å². The lowest BCUT2D eigenvalue weighted by atomic mass is 10.3. The third-order valence-corrected chi connectivity index (χ3v) is 3.99. The molecule has 0 aliphatic heterocycles. The number of H-pyrrole nitrogens is 1. The van der Waals surface area contributed by atoms with Crippen molar-refractivity contribution in [3.63, 3.8) is 0 Å². The number of carbonyl (C=O) groups excluding carboxylic acids is 1. The number of nitrogens with zero attached hydrogens (tertiary/aromatic N) is 3.